The molecule has 0 saturated carbocycles. The largest absolute Gasteiger partial charge is 0.497 e. The van der Waals surface area contributed by atoms with E-state index in [1.54, 1.807) is 43.5 Å². The van der Waals surface area contributed by atoms with E-state index in [9.17, 15) is 10.1 Å². The molecule has 0 heterocycles. The van der Waals surface area contributed by atoms with Crippen molar-refractivity contribution >= 4 is 29.3 Å². The number of halogens is 1. The van der Waals surface area contributed by atoms with E-state index in [1.807, 2.05) is 19.9 Å². The minimum Gasteiger partial charge on any atom is -0.497 e. The Balaban J connectivity index is 2.28. The van der Waals surface area contributed by atoms with Crippen molar-refractivity contribution in [3.8, 4) is 23.3 Å². The minimum atomic E-state index is -0.535. The third-order valence-electron chi connectivity index (χ3n) is 4.17. The highest BCUT2D eigenvalue weighted by Gasteiger charge is 2.16. The fourth-order valence-corrected chi connectivity index (χ4v) is 2.67. The fourth-order valence-electron chi connectivity index (χ4n) is 2.41. The van der Waals surface area contributed by atoms with Gasteiger partial charge in [0.05, 0.1) is 25.3 Å². The summed E-state index contributed by atoms with van der Waals surface area (Å²) in [6.07, 6.45) is 2.22. The van der Waals surface area contributed by atoms with Gasteiger partial charge in [-0.25, -0.2) is 0 Å². The number of carbonyl (C=O) groups excluding carboxylic acids is 1. The second-order valence-electron chi connectivity index (χ2n) is 6.22. The van der Waals surface area contributed by atoms with Crippen molar-refractivity contribution in [2.24, 2.45) is 0 Å². The molecule has 0 saturated heterocycles. The van der Waals surface area contributed by atoms with Gasteiger partial charge in [0, 0.05) is 5.69 Å². The summed E-state index contributed by atoms with van der Waals surface area (Å²) in [5, 5.41) is 12.4. The number of methoxy groups -OCH3 is 2. The van der Waals surface area contributed by atoms with Gasteiger partial charge in [-0.2, -0.15) is 5.26 Å². The van der Waals surface area contributed by atoms with Crippen LogP contribution in [0.15, 0.2) is 42.0 Å². The standard InChI is InChI=1S/C22H23ClN2O4/c1-5-14(2)29-21-19(23)11-15(12-20(21)28-4)10-16(13-24)22(26)25-17-6-8-18(27-3)9-7-17/h6-12,14H,5H2,1-4H3,(H,25,26)/b16-10-/t14-/m1/s1. The molecular weight excluding hydrogens is 392 g/mol. The zero-order chi connectivity index (χ0) is 21.4. The molecule has 0 aliphatic carbocycles. The Kier molecular flexibility index (Phi) is 7.93. The lowest BCUT2D eigenvalue weighted by Crippen LogP contribution is -2.13. The van der Waals surface area contributed by atoms with Gasteiger partial charge in [0.1, 0.15) is 17.4 Å². The van der Waals surface area contributed by atoms with Gasteiger partial charge in [0.25, 0.3) is 5.91 Å². The number of amides is 1. The summed E-state index contributed by atoms with van der Waals surface area (Å²) in [6.45, 7) is 3.93. The maximum Gasteiger partial charge on any atom is 0.266 e. The van der Waals surface area contributed by atoms with Crippen molar-refractivity contribution in [1.29, 1.82) is 5.26 Å². The molecule has 7 heteroatoms. The Morgan fingerprint density at radius 1 is 1.24 bits per heavy atom. The number of nitriles is 1. The molecular formula is C22H23ClN2O4. The topological polar surface area (TPSA) is 80.6 Å². The molecule has 0 spiro atoms. The highest BCUT2D eigenvalue weighted by Crippen LogP contribution is 2.38. The number of nitrogens with zero attached hydrogens (tertiary/aromatic N) is 1. The summed E-state index contributed by atoms with van der Waals surface area (Å²) < 4.78 is 16.3. The molecule has 0 bridgehead atoms. The maximum atomic E-state index is 12.5. The van der Waals surface area contributed by atoms with Gasteiger partial charge < -0.3 is 19.5 Å². The van der Waals surface area contributed by atoms with Crippen LogP contribution in [0.4, 0.5) is 5.69 Å². The molecule has 29 heavy (non-hydrogen) atoms. The van der Waals surface area contributed by atoms with Crippen LogP contribution in [0, 0.1) is 11.3 Å². The van der Waals surface area contributed by atoms with E-state index in [1.165, 1.54) is 13.2 Å². The Labute approximate surface area is 175 Å². The van der Waals surface area contributed by atoms with Crippen LogP contribution in [0.25, 0.3) is 6.08 Å². The van der Waals surface area contributed by atoms with Crippen LogP contribution in [-0.4, -0.2) is 26.2 Å². The summed E-state index contributed by atoms with van der Waals surface area (Å²) in [5.74, 6) is 0.993. The first-order chi connectivity index (χ1) is 13.9. The van der Waals surface area contributed by atoms with Crippen LogP contribution >= 0.6 is 11.6 Å². The van der Waals surface area contributed by atoms with Gasteiger partial charge in [0.2, 0.25) is 0 Å². The number of carbonyl (C=O) groups is 1. The molecule has 0 aliphatic heterocycles. The normalized spacial score (nSPS) is 11.9. The molecule has 0 unspecified atom stereocenters. The average Bonchev–Trinajstić information content (AvgIpc) is 2.73. The molecule has 2 rings (SSSR count). The number of benzene rings is 2. The first-order valence-corrected chi connectivity index (χ1v) is 9.41. The number of hydrogen-bond acceptors (Lipinski definition) is 5. The number of nitrogens with one attached hydrogen (secondary N) is 1. The Bertz CT molecular complexity index is 933. The molecule has 0 fully saturated rings. The van der Waals surface area contributed by atoms with Crippen LogP contribution in [-0.2, 0) is 4.79 Å². The SMILES string of the molecule is CC[C@@H](C)Oc1c(Cl)cc(/C=C(/C#N)C(=O)Nc2ccc(OC)cc2)cc1OC. The molecule has 0 aliphatic rings. The lowest BCUT2D eigenvalue weighted by molar-refractivity contribution is -0.112. The number of ether oxygens (including phenoxy) is 3. The van der Waals surface area contributed by atoms with Crippen molar-refractivity contribution in [1.82, 2.24) is 0 Å². The van der Waals surface area contributed by atoms with E-state index in [0.717, 1.165) is 6.42 Å². The summed E-state index contributed by atoms with van der Waals surface area (Å²) in [6, 6.07) is 12.0. The average molecular weight is 415 g/mol. The molecule has 6 nitrogen and oxygen atoms in total. The van der Waals surface area contributed by atoms with Gasteiger partial charge in [-0.15, -0.1) is 0 Å². The van der Waals surface area contributed by atoms with E-state index in [2.05, 4.69) is 5.32 Å². The molecule has 1 atom stereocenters. The van der Waals surface area contributed by atoms with Gasteiger partial charge in [-0.05, 0) is 61.4 Å². The number of rotatable bonds is 8. The van der Waals surface area contributed by atoms with Crippen LogP contribution in [0.2, 0.25) is 5.02 Å². The van der Waals surface area contributed by atoms with E-state index in [-0.39, 0.29) is 11.7 Å². The fraction of sp³-hybridized carbons (Fsp3) is 0.273. The zero-order valence-electron chi connectivity index (χ0n) is 16.8. The second-order valence-corrected chi connectivity index (χ2v) is 6.63. The van der Waals surface area contributed by atoms with Crippen molar-refractivity contribution < 1.29 is 19.0 Å². The minimum absolute atomic E-state index is 0.0345. The predicted octanol–water partition coefficient (Wildman–Crippen LogP) is 5.08. The molecule has 152 valence electrons. The van der Waals surface area contributed by atoms with Crippen molar-refractivity contribution in [3.63, 3.8) is 0 Å². The van der Waals surface area contributed by atoms with Crippen LogP contribution in [0.5, 0.6) is 17.2 Å². The first-order valence-electron chi connectivity index (χ1n) is 9.03. The highest BCUT2D eigenvalue weighted by atomic mass is 35.5. The molecule has 2 aromatic carbocycles. The van der Waals surface area contributed by atoms with Gasteiger partial charge >= 0.3 is 0 Å². The third-order valence-corrected chi connectivity index (χ3v) is 4.45. The summed E-state index contributed by atoms with van der Waals surface area (Å²) in [7, 11) is 3.06. The number of anilines is 1. The monoisotopic (exact) mass is 414 g/mol. The maximum absolute atomic E-state index is 12.5. The van der Waals surface area contributed by atoms with Crippen molar-refractivity contribution in [2.75, 3.05) is 19.5 Å². The molecule has 0 aromatic heterocycles. The van der Waals surface area contributed by atoms with E-state index in [0.29, 0.717) is 33.5 Å². The lowest BCUT2D eigenvalue weighted by Gasteiger charge is -2.17. The third kappa shape index (κ3) is 5.90. The lowest BCUT2D eigenvalue weighted by atomic mass is 10.1. The molecule has 1 amide bonds. The summed E-state index contributed by atoms with van der Waals surface area (Å²) >= 11 is 6.35. The van der Waals surface area contributed by atoms with Crippen molar-refractivity contribution in [2.45, 2.75) is 26.4 Å². The van der Waals surface area contributed by atoms with E-state index >= 15 is 0 Å². The van der Waals surface area contributed by atoms with Crippen molar-refractivity contribution in [3.05, 3.63) is 52.6 Å². The molecule has 1 N–H and O–H groups in total. The second kappa shape index (κ2) is 10.4. The molecule has 0 radical (unpaired) electrons. The zero-order valence-corrected chi connectivity index (χ0v) is 17.5. The highest BCUT2D eigenvalue weighted by molar-refractivity contribution is 6.32. The van der Waals surface area contributed by atoms with Gasteiger partial charge in [0.15, 0.2) is 11.5 Å². The summed E-state index contributed by atoms with van der Waals surface area (Å²) in [5.41, 5.74) is 1.02. The van der Waals surface area contributed by atoms with Gasteiger partial charge in [-0.3, -0.25) is 4.79 Å². The molecule has 2 aromatic rings. The van der Waals surface area contributed by atoms with Crippen LogP contribution < -0.4 is 19.5 Å². The van der Waals surface area contributed by atoms with Gasteiger partial charge in [-0.1, -0.05) is 18.5 Å². The Morgan fingerprint density at radius 3 is 2.48 bits per heavy atom. The summed E-state index contributed by atoms with van der Waals surface area (Å²) in [4.78, 5) is 12.5. The Morgan fingerprint density at radius 2 is 1.93 bits per heavy atom. The van der Waals surface area contributed by atoms with E-state index < -0.39 is 5.91 Å². The Hall–Kier alpha value is -3.17. The smallest absolute Gasteiger partial charge is 0.266 e. The quantitative estimate of drug-likeness (QED) is 0.481. The van der Waals surface area contributed by atoms with Crippen LogP contribution in [0.1, 0.15) is 25.8 Å². The number of hydrogen-bond donors (Lipinski definition) is 1. The van der Waals surface area contributed by atoms with Crippen LogP contribution in [0.3, 0.4) is 0 Å². The van der Waals surface area contributed by atoms with E-state index in [4.69, 9.17) is 25.8 Å². The first kappa shape index (κ1) is 22.1. The predicted molar refractivity (Wildman–Crippen MR) is 114 cm³/mol.